The van der Waals surface area contributed by atoms with E-state index in [0.29, 0.717) is 11.1 Å². The number of hydrogen-bond acceptors (Lipinski definition) is 3. The monoisotopic (exact) mass is 308 g/mol. The molecule has 0 radical (unpaired) electrons. The molecule has 0 aliphatic carbocycles. The normalized spacial score (nSPS) is 12.2. The number of aromatic nitrogens is 1. The lowest BCUT2D eigenvalue weighted by Gasteiger charge is -2.05. The molecular formula is C10H8BrF3N2O. The van der Waals surface area contributed by atoms with Crippen molar-refractivity contribution in [3.63, 3.8) is 0 Å². The molecule has 0 spiro atoms. The minimum atomic E-state index is -4.23. The summed E-state index contributed by atoms with van der Waals surface area (Å²) in [7, 11) is 0. The number of benzene rings is 1. The Bertz CT molecular complexity index is 524. The number of hydrogen-bond donors (Lipinski definition) is 1. The van der Waals surface area contributed by atoms with Crippen molar-refractivity contribution >= 4 is 27.0 Å². The second kappa shape index (κ2) is 4.66. The summed E-state index contributed by atoms with van der Waals surface area (Å²) >= 11 is 3.28. The largest absolute Gasteiger partial charge is 0.438 e. The quantitative estimate of drug-likeness (QED) is 0.946. The number of rotatable bonds is 3. The topological polar surface area (TPSA) is 38.1 Å². The smallest absolute Gasteiger partial charge is 0.401 e. The lowest BCUT2D eigenvalue weighted by molar-refractivity contribution is -0.125. The molecule has 92 valence electrons. The van der Waals surface area contributed by atoms with E-state index in [2.05, 4.69) is 26.2 Å². The molecule has 0 fully saturated rings. The Kier molecular flexibility index (Phi) is 3.39. The fourth-order valence-corrected chi connectivity index (χ4v) is 1.78. The summed E-state index contributed by atoms with van der Waals surface area (Å²) in [5.74, 6) is 0.233. The minimum Gasteiger partial charge on any atom is -0.438 e. The zero-order valence-electron chi connectivity index (χ0n) is 8.51. The Morgan fingerprint density at radius 3 is 2.76 bits per heavy atom. The van der Waals surface area contributed by atoms with Crippen molar-refractivity contribution in [1.82, 2.24) is 10.3 Å². The van der Waals surface area contributed by atoms with E-state index in [4.69, 9.17) is 4.42 Å². The van der Waals surface area contributed by atoms with E-state index in [9.17, 15) is 13.2 Å². The second-order valence-corrected chi connectivity index (χ2v) is 4.27. The van der Waals surface area contributed by atoms with Gasteiger partial charge in [0.25, 0.3) is 0 Å². The summed E-state index contributed by atoms with van der Waals surface area (Å²) in [6, 6.07) is 5.29. The molecular weight excluding hydrogens is 301 g/mol. The molecule has 3 nitrogen and oxygen atoms in total. The third-order valence-electron chi connectivity index (χ3n) is 2.01. The fraction of sp³-hybridized carbons (Fsp3) is 0.300. The van der Waals surface area contributed by atoms with Crippen LogP contribution in [0.25, 0.3) is 11.1 Å². The van der Waals surface area contributed by atoms with Crippen LogP contribution in [-0.4, -0.2) is 17.7 Å². The molecule has 7 heteroatoms. The van der Waals surface area contributed by atoms with Crippen molar-refractivity contribution in [1.29, 1.82) is 0 Å². The molecule has 0 amide bonds. The van der Waals surface area contributed by atoms with Gasteiger partial charge in [-0.2, -0.15) is 13.2 Å². The molecule has 0 aliphatic heterocycles. The Labute approximate surface area is 103 Å². The Hall–Kier alpha value is -1.08. The molecule has 1 N–H and O–H groups in total. The molecule has 0 aliphatic rings. The third kappa shape index (κ3) is 3.19. The second-order valence-electron chi connectivity index (χ2n) is 3.41. The van der Waals surface area contributed by atoms with Crippen LogP contribution in [0.1, 0.15) is 5.89 Å². The van der Waals surface area contributed by atoms with Gasteiger partial charge < -0.3 is 9.73 Å². The first kappa shape index (κ1) is 12.4. The summed E-state index contributed by atoms with van der Waals surface area (Å²) in [6.45, 7) is -1.12. The van der Waals surface area contributed by atoms with Crippen LogP contribution in [0.15, 0.2) is 27.1 Å². The van der Waals surface area contributed by atoms with Crippen molar-refractivity contribution in [3.8, 4) is 0 Å². The van der Waals surface area contributed by atoms with Gasteiger partial charge in [0.05, 0.1) is 17.6 Å². The molecule has 0 unspecified atom stereocenters. The van der Waals surface area contributed by atoms with Crippen molar-refractivity contribution in [2.24, 2.45) is 0 Å². The summed E-state index contributed by atoms with van der Waals surface area (Å²) < 4.78 is 41.8. The van der Waals surface area contributed by atoms with E-state index in [1.54, 1.807) is 18.2 Å². The molecule has 2 rings (SSSR count). The third-order valence-corrected chi connectivity index (χ3v) is 2.64. The van der Waals surface area contributed by atoms with Crippen LogP contribution < -0.4 is 5.32 Å². The number of nitrogens with one attached hydrogen (secondary N) is 1. The first-order valence-electron chi connectivity index (χ1n) is 4.77. The van der Waals surface area contributed by atoms with Crippen LogP contribution in [0.2, 0.25) is 0 Å². The van der Waals surface area contributed by atoms with E-state index in [0.717, 1.165) is 4.47 Å². The average molecular weight is 309 g/mol. The molecule has 2 aromatic rings. The van der Waals surface area contributed by atoms with Crippen molar-refractivity contribution in [3.05, 3.63) is 28.6 Å². The van der Waals surface area contributed by atoms with Gasteiger partial charge in [-0.3, -0.25) is 0 Å². The van der Waals surface area contributed by atoms with E-state index in [1.807, 2.05) is 0 Å². The predicted octanol–water partition coefficient (Wildman–Crippen LogP) is 3.24. The van der Waals surface area contributed by atoms with Crippen LogP contribution in [0, 0.1) is 0 Å². The van der Waals surface area contributed by atoms with Crippen LogP contribution in [-0.2, 0) is 6.54 Å². The number of alkyl halides is 3. The molecule has 0 saturated carbocycles. The zero-order chi connectivity index (χ0) is 12.5. The highest BCUT2D eigenvalue weighted by molar-refractivity contribution is 9.10. The fourth-order valence-electron chi connectivity index (χ4n) is 1.35. The number of para-hydroxylation sites is 1. The summed E-state index contributed by atoms with van der Waals surface area (Å²) in [5, 5.41) is 2.23. The van der Waals surface area contributed by atoms with Crippen LogP contribution in [0.4, 0.5) is 13.2 Å². The van der Waals surface area contributed by atoms with Gasteiger partial charge >= 0.3 is 6.18 Å². The highest BCUT2D eigenvalue weighted by atomic mass is 79.9. The summed E-state index contributed by atoms with van der Waals surface area (Å²) in [4.78, 5) is 4.07. The summed E-state index contributed by atoms with van der Waals surface area (Å²) in [6.07, 6.45) is -4.23. The summed E-state index contributed by atoms with van der Waals surface area (Å²) in [5.41, 5.74) is 1.15. The zero-order valence-corrected chi connectivity index (χ0v) is 10.1. The lowest BCUT2D eigenvalue weighted by atomic mass is 10.3. The van der Waals surface area contributed by atoms with Crippen molar-refractivity contribution < 1.29 is 17.6 Å². The van der Waals surface area contributed by atoms with Gasteiger partial charge in [0.2, 0.25) is 5.89 Å². The van der Waals surface area contributed by atoms with Gasteiger partial charge in [0.1, 0.15) is 5.52 Å². The minimum absolute atomic E-state index is 0.0549. The maximum atomic E-state index is 11.9. The van der Waals surface area contributed by atoms with E-state index >= 15 is 0 Å². The van der Waals surface area contributed by atoms with Gasteiger partial charge in [0, 0.05) is 0 Å². The number of fused-ring (bicyclic) bond motifs is 1. The Morgan fingerprint density at radius 1 is 1.35 bits per heavy atom. The Morgan fingerprint density at radius 2 is 2.12 bits per heavy atom. The maximum Gasteiger partial charge on any atom is 0.401 e. The SMILES string of the molecule is FC(F)(F)CNCc1nc2cccc(Br)c2o1. The molecule has 0 saturated heterocycles. The van der Waals surface area contributed by atoms with Gasteiger partial charge in [0.15, 0.2) is 5.58 Å². The van der Waals surface area contributed by atoms with Crippen molar-refractivity contribution in [2.75, 3.05) is 6.54 Å². The van der Waals surface area contributed by atoms with E-state index in [-0.39, 0.29) is 12.4 Å². The Balaban J connectivity index is 2.07. The maximum absolute atomic E-state index is 11.9. The average Bonchev–Trinajstić information content (AvgIpc) is 2.60. The molecule has 0 atom stereocenters. The molecule has 0 bridgehead atoms. The van der Waals surface area contributed by atoms with Gasteiger partial charge in [-0.15, -0.1) is 0 Å². The van der Waals surface area contributed by atoms with E-state index < -0.39 is 12.7 Å². The molecule has 1 aromatic heterocycles. The first-order chi connectivity index (χ1) is 7.96. The lowest BCUT2D eigenvalue weighted by Crippen LogP contribution is -2.28. The van der Waals surface area contributed by atoms with Crippen molar-refractivity contribution in [2.45, 2.75) is 12.7 Å². The van der Waals surface area contributed by atoms with Crippen LogP contribution >= 0.6 is 15.9 Å². The van der Waals surface area contributed by atoms with Gasteiger partial charge in [-0.1, -0.05) is 6.07 Å². The molecule has 1 aromatic carbocycles. The highest BCUT2D eigenvalue weighted by Crippen LogP contribution is 2.24. The van der Waals surface area contributed by atoms with Gasteiger partial charge in [-0.05, 0) is 28.1 Å². The number of nitrogens with zero attached hydrogens (tertiary/aromatic N) is 1. The molecule has 1 heterocycles. The number of halogens is 4. The van der Waals surface area contributed by atoms with Gasteiger partial charge in [-0.25, -0.2) is 4.98 Å². The molecule has 17 heavy (non-hydrogen) atoms. The standard InChI is InChI=1S/C10H8BrF3N2O/c11-6-2-1-3-7-9(6)17-8(16-7)4-15-5-10(12,13)14/h1-3,15H,4-5H2. The van der Waals surface area contributed by atoms with Crippen LogP contribution in [0.3, 0.4) is 0 Å². The first-order valence-corrected chi connectivity index (χ1v) is 5.56. The highest BCUT2D eigenvalue weighted by Gasteiger charge is 2.26. The number of oxazole rings is 1. The van der Waals surface area contributed by atoms with Crippen LogP contribution in [0.5, 0.6) is 0 Å². The van der Waals surface area contributed by atoms with E-state index in [1.165, 1.54) is 0 Å². The predicted molar refractivity (Wildman–Crippen MR) is 59.5 cm³/mol.